The van der Waals surface area contributed by atoms with Gasteiger partial charge in [0.25, 0.3) is 0 Å². The summed E-state index contributed by atoms with van der Waals surface area (Å²) in [4.78, 5) is 0. The number of halogens is 4. The van der Waals surface area contributed by atoms with E-state index in [1.165, 1.54) is 17.7 Å². The van der Waals surface area contributed by atoms with E-state index in [9.17, 15) is 5.11 Å². The molecule has 0 bridgehead atoms. The zero-order chi connectivity index (χ0) is 24.2. The number of hydrogen-bond acceptors (Lipinski definition) is 3. The molecule has 3 nitrogen and oxygen atoms in total. The summed E-state index contributed by atoms with van der Waals surface area (Å²) >= 11 is 18.7. The maximum Gasteiger partial charge on any atom is 0.165 e. The molecule has 7 heteroatoms. The van der Waals surface area contributed by atoms with E-state index < -0.39 is 18.1 Å². The van der Waals surface area contributed by atoms with E-state index in [2.05, 4.69) is 11.4 Å². The Morgan fingerprint density at radius 3 is 2.44 bits per heavy atom. The Balaban J connectivity index is 1.55. The fourth-order valence-corrected chi connectivity index (χ4v) is 4.63. The van der Waals surface area contributed by atoms with Crippen LogP contribution < -0.4 is 10.1 Å². The third-order valence-corrected chi connectivity index (χ3v) is 6.70. The molecule has 34 heavy (non-hydrogen) atoms. The molecule has 4 atom stereocenters. The molecule has 0 heterocycles. The van der Waals surface area contributed by atoms with Crippen LogP contribution in [0.3, 0.4) is 0 Å². The van der Waals surface area contributed by atoms with Crippen LogP contribution in [0.4, 0.5) is 4.39 Å². The molecule has 2 aromatic carbocycles. The van der Waals surface area contributed by atoms with Crippen LogP contribution in [0.25, 0.3) is 0 Å². The highest BCUT2D eigenvalue weighted by Gasteiger charge is 2.26. The summed E-state index contributed by atoms with van der Waals surface area (Å²) in [6.45, 7) is 2.02. The predicted octanol–water partition coefficient (Wildman–Crippen LogP) is 7.51. The molecule has 0 aromatic heterocycles. The summed E-state index contributed by atoms with van der Waals surface area (Å²) in [5, 5.41) is 14.5. The zero-order valence-electron chi connectivity index (χ0n) is 18.5. The van der Waals surface area contributed by atoms with Gasteiger partial charge < -0.3 is 9.84 Å². The fourth-order valence-electron chi connectivity index (χ4n) is 3.90. The lowest BCUT2D eigenvalue weighted by Gasteiger charge is -2.26. The average molecular weight is 521 g/mol. The normalized spacial score (nSPS) is 21.9. The summed E-state index contributed by atoms with van der Waals surface area (Å²) in [5.41, 5.74) is 3.07. The molecule has 2 aliphatic carbocycles. The lowest BCUT2D eigenvalue weighted by molar-refractivity contribution is 0.129. The second kappa shape index (κ2) is 11.1. The molecule has 178 valence electrons. The van der Waals surface area contributed by atoms with E-state index in [0.29, 0.717) is 27.6 Å². The highest BCUT2D eigenvalue weighted by atomic mass is 35.5. The van der Waals surface area contributed by atoms with Crippen LogP contribution in [0.5, 0.6) is 5.75 Å². The summed E-state index contributed by atoms with van der Waals surface area (Å²) in [6.07, 6.45) is 9.41. The van der Waals surface area contributed by atoms with Crippen molar-refractivity contribution in [1.82, 2.24) is 5.32 Å². The molecule has 4 unspecified atom stereocenters. The van der Waals surface area contributed by atoms with Gasteiger partial charge in [-0.25, -0.2) is 4.39 Å². The first-order valence-corrected chi connectivity index (χ1v) is 12.2. The van der Waals surface area contributed by atoms with Crippen LogP contribution in [0.15, 0.2) is 89.0 Å². The third kappa shape index (κ3) is 6.12. The van der Waals surface area contributed by atoms with E-state index >= 15 is 4.39 Å². The quantitative estimate of drug-likeness (QED) is 0.293. The number of aliphatic hydroxyl groups excluding tert-OH is 1. The van der Waals surface area contributed by atoms with Crippen molar-refractivity contribution < 1.29 is 14.2 Å². The first-order chi connectivity index (χ1) is 16.3. The number of hydrogen-bond donors (Lipinski definition) is 2. The maximum atomic E-state index is 15.1. The molecule has 4 rings (SSSR count). The molecular formula is C27H25Cl3FNO2. The molecule has 0 spiro atoms. The second-order valence-electron chi connectivity index (χ2n) is 8.38. The van der Waals surface area contributed by atoms with Gasteiger partial charge >= 0.3 is 0 Å². The molecular weight excluding hydrogens is 496 g/mol. The van der Waals surface area contributed by atoms with Gasteiger partial charge in [0.1, 0.15) is 6.23 Å². The Labute approximate surface area is 214 Å². The van der Waals surface area contributed by atoms with Crippen molar-refractivity contribution in [2.24, 2.45) is 0 Å². The molecule has 0 radical (unpaired) electrons. The molecule has 0 aliphatic heterocycles. The minimum atomic E-state index is -1.02. The number of rotatable bonds is 7. The predicted molar refractivity (Wildman–Crippen MR) is 137 cm³/mol. The summed E-state index contributed by atoms with van der Waals surface area (Å²) in [6, 6.07) is 11.5. The van der Waals surface area contributed by atoms with Crippen LogP contribution in [0, 0.1) is 5.82 Å². The Kier molecular flexibility index (Phi) is 8.18. The SMILES string of the molecule is CC1=CCC(NC(O)c2ccc(OC(C3=CCC(Cl)C=C3Cl)c3ccc(Cl)cc3)c(F)c2)C=C1. The van der Waals surface area contributed by atoms with Gasteiger partial charge in [0.15, 0.2) is 17.7 Å². The fraction of sp³-hybridized carbons (Fsp3) is 0.259. The van der Waals surface area contributed by atoms with Crippen molar-refractivity contribution in [3.8, 4) is 5.75 Å². The van der Waals surface area contributed by atoms with Crippen molar-refractivity contribution in [2.75, 3.05) is 0 Å². The smallest absolute Gasteiger partial charge is 0.165 e. The maximum absolute atomic E-state index is 15.1. The zero-order valence-corrected chi connectivity index (χ0v) is 20.8. The Morgan fingerprint density at radius 1 is 1.06 bits per heavy atom. The van der Waals surface area contributed by atoms with Gasteiger partial charge in [0.05, 0.1) is 5.38 Å². The Bertz CT molecular complexity index is 1160. The molecule has 0 amide bonds. The van der Waals surface area contributed by atoms with Gasteiger partial charge in [0.2, 0.25) is 0 Å². The summed E-state index contributed by atoms with van der Waals surface area (Å²) in [7, 11) is 0. The topological polar surface area (TPSA) is 41.5 Å². The van der Waals surface area contributed by atoms with Gasteiger partial charge in [0, 0.05) is 21.7 Å². The van der Waals surface area contributed by atoms with E-state index in [-0.39, 0.29) is 17.2 Å². The van der Waals surface area contributed by atoms with Crippen LogP contribution in [0.1, 0.15) is 43.2 Å². The van der Waals surface area contributed by atoms with Crippen molar-refractivity contribution in [2.45, 2.75) is 43.5 Å². The highest BCUT2D eigenvalue weighted by molar-refractivity contribution is 6.33. The summed E-state index contributed by atoms with van der Waals surface area (Å²) in [5.74, 6) is -0.538. The van der Waals surface area contributed by atoms with Crippen LogP contribution in [-0.2, 0) is 0 Å². The van der Waals surface area contributed by atoms with Crippen molar-refractivity contribution >= 4 is 34.8 Å². The minimum Gasteiger partial charge on any atom is -0.478 e. The number of benzene rings is 2. The van der Waals surface area contributed by atoms with Crippen molar-refractivity contribution in [3.63, 3.8) is 0 Å². The molecule has 0 saturated carbocycles. The largest absolute Gasteiger partial charge is 0.478 e. The van der Waals surface area contributed by atoms with Crippen molar-refractivity contribution in [3.05, 3.63) is 111 Å². The van der Waals surface area contributed by atoms with Gasteiger partial charge in [-0.15, -0.1) is 11.6 Å². The van der Waals surface area contributed by atoms with Crippen LogP contribution in [0.2, 0.25) is 5.02 Å². The van der Waals surface area contributed by atoms with E-state index in [1.807, 2.05) is 37.3 Å². The van der Waals surface area contributed by atoms with Crippen LogP contribution >= 0.6 is 34.8 Å². The number of nitrogens with one attached hydrogen (secondary N) is 1. The number of aliphatic hydroxyl groups is 1. The average Bonchev–Trinajstić information content (AvgIpc) is 2.81. The minimum absolute atomic E-state index is 0.0232. The lowest BCUT2D eigenvalue weighted by Crippen LogP contribution is -2.31. The van der Waals surface area contributed by atoms with Gasteiger partial charge in [-0.2, -0.15) is 0 Å². The van der Waals surface area contributed by atoms with E-state index in [4.69, 9.17) is 39.5 Å². The molecule has 2 aromatic rings. The van der Waals surface area contributed by atoms with Gasteiger partial charge in [-0.3, -0.25) is 5.32 Å². The van der Waals surface area contributed by atoms with Crippen LogP contribution in [-0.4, -0.2) is 16.5 Å². The van der Waals surface area contributed by atoms with Gasteiger partial charge in [-0.05, 0) is 61.2 Å². The second-order valence-corrected chi connectivity index (χ2v) is 9.79. The molecule has 2 aliphatic rings. The molecule has 2 N–H and O–H groups in total. The third-order valence-electron chi connectivity index (χ3n) is 5.79. The lowest BCUT2D eigenvalue weighted by atomic mass is 9.96. The monoisotopic (exact) mass is 519 g/mol. The van der Waals surface area contributed by atoms with Crippen molar-refractivity contribution in [1.29, 1.82) is 0 Å². The molecule has 0 saturated heterocycles. The number of alkyl halides is 1. The highest BCUT2D eigenvalue weighted by Crippen LogP contribution is 2.38. The summed E-state index contributed by atoms with van der Waals surface area (Å²) < 4.78 is 21.2. The molecule has 0 fully saturated rings. The van der Waals surface area contributed by atoms with E-state index in [1.54, 1.807) is 24.3 Å². The first-order valence-electron chi connectivity index (χ1n) is 11.0. The van der Waals surface area contributed by atoms with E-state index in [0.717, 1.165) is 12.0 Å². The Morgan fingerprint density at radius 2 is 1.79 bits per heavy atom. The van der Waals surface area contributed by atoms with Gasteiger partial charge in [-0.1, -0.05) is 71.3 Å². The number of allylic oxidation sites excluding steroid dienone is 4. The number of ether oxygens (including phenoxy) is 1. The first kappa shape index (κ1) is 25.0. The Hall–Kier alpha value is -2.08. The standard InChI is InChI=1S/C27H25Cl3FNO2/c1-16-2-10-21(11-3-16)32-27(33)18-6-13-25(24(31)14-18)34-26(17-4-7-19(28)8-5-17)22-12-9-20(29)15-23(22)30/h2-8,10,12-15,20-21,26-27,32-33H,9,11H2,1H3.